The number of rotatable bonds is 0. The van der Waals surface area contributed by atoms with Crippen LogP contribution >= 0.6 is 15.9 Å². The highest BCUT2D eigenvalue weighted by Gasteiger charge is 2.35. The summed E-state index contributed by atoms with van der Waals surface area (Å²) in [5.41, 5.74) is 2.97. The number of hydrogen-bond acceptors (Lipinski definition) is 3. The van der Waals surface area contributed by atoms with Gasteiger partial charge in [0.25, 0.3) is 0 Å². The summed E-state index contributed by atoms with van der Waals surface area (Å²) in [4.78, 5) is 2.27. The molecule has 0 N–H and O–H groups in total. The van der Waals surface area contributed by atoms with Crippen molar-refractivity contribution in [1.82, 2.24) is 0 Å². The van der Waals surface area contributed by atoms with Gasteiger partial charge < -0.3 is 9.47 Å². The number of anilines is 3. The first-order valence-electron chi connectivity index (χ1n) is 9.80. The summed E-state index contributed by atoms with van der Waals surface area (Å²) < 4.78 is 13.6. The van der Waals surface area contributed by atoms with Gasteiger partial charge in [0.1, 0.15) is 5.69 Å². The van der Waals surface area contributed by atoms with Crippen molar-refractivity contribution in [3.8, 4) is 23.0 Å². The molecule has 0 atom stereocenters. The van der Waals surface area contributed by atoms with E-state index in [1.54, 1.807) is 0 Å². The average Bonchev–Trinajstić information content (AvgIpc) is 2.76. The monoisotopic (exact) mass is 451 g/mol. The molecular formula is C26H14BrNO2. The molecule has 142 valence electrons. The highest BCUT2D eigenvalue weighted by atomic mass is 79.9. The summed E-state index contributed by atoms with van der Waals surface area (Å²) in [6, 6.07) is 29.4. The summed E-state index contributed by atoms with van der Waals surface area (Å²) >= 11 is 3.61. The topological polar surface area (TPSA) is 21.7 Å². The minimum Gasteiger partial charge on any atom is -0.453 e. The van der Waals surface area contributed by atoms with Crippen molar-refractivity contribution >= 4 is 54.5 Å². The van der Waals surface area contributed by atoms with Crippen LogP contribution in [0.25, 0.3) is 21.5 Å². The van der Waals surface area contributed by atoms with Crippen LogP contribution in [0, 0.1) is 0 Å². The second-order valence-corrected chi connectivity index (χ2v) is 8.54. The van der Waals surface area contributed by atoms with Crippen LogP contribution in [0.2, 0.25) is 0 Å². The molecule has 0 fully saturated rings. The molecule has 5 aromatic rings. The largest absolute Gasteiger partial charge is 0.453 e. The van der Waals surface area contributed by atoms with Crippen LogP contribution in [0.15, 0.2) is 89.4 Å². The lowest BCUT2D eigenvalue weighted by atomic mass is 10.0. The van der Waals surface area contributed by atoms with E-state index in [1.165, 1.54) is 10.8 Å². The van der Waals surface area contributed by atoms with Gasteiger partial charge in [-0.15, -0.1) is 0 Å². The highest BCUT2D eigenvalue weighted by molar-refractivity contribution is 9.10. The lowest BCUT2D eigenvalue weighted by molar-refractivity contribution is 0.446. The molecule has 2 aliphatic heterocycles. The summed E-state index contributed by atoms with van der Waals surface area (Å²) in [6.45, 7) is 0. The Morgan fingerprint density at radius 3 is 1.43 bits per heavy atom. The molecular weight excluding hydrogens is 438 g/mol. The van der Waals surface area contributed by atoms with Crippen molar-refractivity contribution in [2.45, 2.75) is 0 Å². The van der Waals surface area contributed by atoms with Gasteiger partial charge in [-0.1, -0.05) is 64.5 Å². The number of hydrogen-bond donors (Lipinski definition) is 0. The van der Waals surface area contributed by atoms with Gasteiger partial charge in [0.15, 0.2) is 23.0 Å². The molecule has 0 amide bonds. The lowest BCUT2D eigenvalue weighted by Gasteiger charge is -2.38. The van der Waals surface area contributed by atoms with Crippen molar-refractivity contribution in [1.29, 1.82) is 0 Å². The second-order valence-electron chi connectivity index (χ2n) is 7.62. The van der Waals surface area contributed by atoms with E-state index in [4.69, 9.17) is 9.47 Å². The van der Waals surface area contributed by atoms with Crippen LogP contribution in [0.5, 0.6) is 23.0 Å². The van der Waals surface area contributed by atoms with Gasteiger partial charge in [-0.3, -0.25) is 4.90 Å². The van der Waals surface area contributed by atoms with Crippen LogP contribution in [0.1, 0.15) is 0 Å². The van der Waals surface area contributed by atoms with E-state index in [9.17, 15) is 0 Å². The van der Waals surface area contributed by atoms with Crippen molar-refractivity contribution in [2.75, 3.05) is 4.90 Å². The maximum atomic E-state index is 6.36. The van der Waals surface area contributed by atoms with Crippen LogP contribution in [0.4, 0.5) is 17.1 Å². The molecule has 5 aromatic carbocycles. The number of benzene rings is 5. The fourth-order valence-corrected chi connectivity index (χ4v) is 4.88. The zero-order valence-corrected chi connectivity index (χ0v) is 17.3. The quantitative estimate of drug-likeness (QED) is 0.231. The predicted octanol–water partition coefficient (Wildman–Crippen LogP) is 8.44. The van der Waals surface area contributed by atoms with E-state index in [0.717, 1.165) is 55.3 Å². The summed E-state index contributed by atoms with van der Waals surface area (Å²) in [5, 5.41) is 4.66. The Bertz CT molecular complexity index is 1410. The van der Waals surface area contributed by atoms with E-state index in [-0.39, 0.29) is 0 Å². The molecule has 0 saturated heterocycles. The molecule has 0 aromatic heterocycles. The molecule has 0 bridgehead atoms. The van der Waals surface area contributed by atoms with Crippen molar-refractivity contribution < 1.29 is 9.47 Å². The van der Waals surface area contributed by atoms with Gasteiger partial charge in [0.2, 0.25) is 0 Å². The highest BCUT2D eigenvalue weighted by Crippen LogP contribution is 2.61. The first kappa shape index (κ1) is 16.3. The minimum atomic E-state index is 0.779. The van der Waals surface area contributed by atoms with E-state index >= 15 is 0 Å². The number of fused-ring (bicyclic) bond motifs is 6. The fourth-order valence-electron chi connectivity index (χ4n) is 4.46. The maximum Gasteiger partial charge on any atom is 0.156 e. The third kappa shape index (κ3) is 2.20. The van der Waals surface area contributed by atoms with Gasteiger partial charge in [0.05, 0.1) is 11.4 Å². The van der Waals surface area contributed by atoms with Crippen LogP contribution in [-0.4, -0.2) is 0 Å². The molecule has 4 heteroatoms. The zero-order chi connectivity index (χ0) is 19.8. The predicted molar refractivity (Wildman–Crippen MR) is 124 cm³/mol. The standard InChI is InChI=1S/C26H14BrNO2/c27-19-13-24-26-25(14-19)30-23-12-18-8-4-2-6-16(18)10-21(23)28(26)20-9-15-5-1-3-7-17(15)11-22(20)29-24/h1-14H. The third-order valence-corrected chi connectivity index (χ3v) is 6.26. The molecule has 2 heterocycles. The van der Waals surface area contributed by atoms with Gasteiger partial charge in [-0.2, -0.15) is 0 Å². The molecule has 3 nitrogen and oxygen atoms in total. The normalized spacial score (nSPS) is 13.3. The first-order chi connectivity index (χ1) is 14.7. The maximum absolute atomic E-state index is 6.36. The van der Waals surface area contributed by atoms with Gasteiger partial charge in [-0.25, -0.2) is 0 Å². The minimum absolute atomic E-state index is 0.779. The molecule has 30 heavy (non-hydrogen) atoms. The number of ether oxygens (including phenoxy) is 2. The lowest BCUT2D eigenvalue weighted by Crippen LogP contribution is -2.20. The van der Waals surface area contributed by atoms with Gasteiger partial charge in [0, 0.05) is 4.47 Å². The first-order valence-corrected chi connectivity index (χ1v) is 10.6. The Balaban J connectivity index is 1.59. The van der Waals surface area contributed by atoms with Crippen molar-refractivity contribution in [3.63, 3.8) is 0 Å². The molecule has 2 aliphatic rings. The Kier molecular flexibility index (Phi) is 3.14. The molecule has 0 unspecified atom stereocenters. The smallest absolute Gasteiger partial charge is 0.156 e. The zero-order valence-electron chi connectivity index (χ0n) is 15.7. The second kappa shape index (κ2) is 5.77. The Hall–Kier alpha value is -3.50. The molecule has 0 spiro atoms. The Morgan fingerprint density at radius 1 is 0.533 bits per heavy atom. The molecule has 0 saturated carbocycles. The SMILES string of the molecule is Brc1cc2c3c(c1)Oc1cc4ccccc4cc1N3c1cc3ccccc3cc1O2. The fraction of sp³-hybridized carbons (Fsp3) is 0. The Morgan fingerprint density at radius 2 is 0.967 bits per heavy atom. The summed E-state index contributed by atoms with van der Waals surface area (Å²) in [6.07, 6.45) is 0. The van der Waals surface area contributed by atoms with E-state index in [2.05, 4.69) is 93.6 Å². The van der Waals surface area contributed by atoms with Crippen LogP contribution in [-0.2, 0) is 0 Å². The van der Waals surface area contributed by atoms with Crippen LogP contribution < -0.4 is 14.4 Å². The average molecular weight is 452 g/mol. The third-order valence-electron chi connectivity index (χ3n) is 5.80. The van der Waals surface area contributed by atoms with Gasteiger partial charge >= 0.3 is 0 Å². The number of nitrogens with zero attached hydrogens (tertiary/aromatic N) is 1. The Labute approximate surface area is 181 Å². The summed E-state index contributed by atoms with van der Waals surface area (Å²) in [7, 11) is 0. The van der Waals surface area contributed by atoms with E-state index < -0.39 is 0 Å². The van der Waals surface area contributed by atoms with Crippen molar-refractivity contribution in [2.24, 2.45) is 0 Å². The van der Waals surface area contributed by atoms with Crippen molar-refractivity contribution in [3.05, 3.63) is 89.4 Å². The van der Waals surface area contributed by atoms with E-state index in [0.29, 0.717) is 0 Å². The van der Waals surface area contributed by atoms with Gasteiger partial charge in [-0.05, 0) is 57.9 Å². The molecule has 0 radical (unpaired) electrons. The summed E-state index contributed by atoms with van der Waals surface area (Å²) in [5.74, 6) is 3.24. The number of halogens is 1. The van der Waals surface area contributed by atoms with E-state index in [1.807, 2.05) is 12.1 Å². The van der Waals surface area contributed by atoms with Crippen LogP contribution in [0.3, 0.4) is 0 Å². The molecule has 7 rings (SSSR count). The molecule has 0 aliphatic carbocycles.